The summed E-state index contributed by atoms with van der Waals surface area (Å²) in [5.74, 6) is 0.216. The highest BCUT2D eigenvalue weighted by Gasteiger charge is 2.12. The summed E-state index contributed by atoms with van der Waals surface area (Å²) in [5.41, 5.74) is 2.70. The lowest BCUT2D eigenvalue weighted by atomic mass is 10.1. The van der Waals surface area contributed by atoms with Crippen molar-refractivity contribution in [2.45, 2.75) is 20.3 Å². The first-order valence-corrected chi connectivity index (χ1v) is 6.97. The molecule has 2 aromatic rings. The molecule has 98 valence electrons. The van der Waals surface area contributed by atoms with Gasteiger partial charge in [0.15, 0.2) is 0 Å². The molecule has 2 aromatic carbocycles. The van der Waals surface area contributed by atoms with E-state index in [4.69, 9.17) is 4.74 Å². The molecule has 0 atom stereocenters. The molecule has 0 spiro atoms. The summed E-state index contributed by atoms with van der Waals surface area (Å²) in [6, 6.07) is 13.2. The van der Waals surface area contributed by atoms with E-state index in [1.54, 1.807) is 6.07 Å². The van der Waals surface area contributed by atoms with Crippen molar-refractivity contribution in [3.8, 4) is 5.75 Å². The van der Waals surface area contributed by atoms with Gasteiger partial charge in [-0.05, 0) is 58.6 Å². The van der Waals surface area contributed by atoms with Crippen molar-refractivity contribution in [2.24, 2.45) is 0 Å². The molecular weight excluding hydrogens is 304 g/mol. The van der Waals surface area contributed by atoms with E-state index in [1.807, 2.05) is 43.3 Å². The molecule has 3 heteroatoms. The van der Waals surface area contributed by atoms with Gasteiger partial charge in [0, 0.05) is 0 Å². The highest BCUT2D eigenvalue weighted by atomic mass is 79.9. The first kappa shape index (κ1) is 13.8. The van der Waals surface area contributed by atoms with Crippen molar-refractivity contribution < 1.29 is 9.53 Å². The third-order valence-electron chi connectivity index (χ3n) is 2.97. The van der Waals surface area contributed by atoms with Gasteiger partial charge in [0.05, 0.1) is 10.0 Å². The molecule has 0 saturated heterocycles. The fourth-order valence-corrected chi connectivity index (χ4v) is 2.31. The lowest BCUT2D eigenvalue weighted by Crippen LogP contribution is -2.10. The van der Waals surface area contributed by atoms with E-state index >= 15 is 0 Å². The maximum absolute atomic E-state index is 12.1. The van der Waals surface area contributed by atoms with Gasteiger partial charge in [-0.1, -0.05) is 31.2 Å². The number of halogens is 1. The van der Waals surface area contributed by atoms with Crippen LogP contribution in [-0.4, -0.2) is 5.97 Å². The second-order valence-electron chi connectivity index (χ2n) is 4.32. The largest absolute Gasteiger partial charge is 0.422 e. The molecule has 0 aliphatic heterocycles. The fourth-order valence-electron chi connectivity index (χ4n) is 1.80. The molecule has 2 rings (SSSR count). The summed E-state index contributed by atoms with van der Waals surface area (Å²) >= 11 is 3.43. The molecule has 0 unspecified atom stereocenters. The number of carbonyl (C=O) groups is 1. The van der Waals surface area contributed by atoms with Crippen molar-refractivity contribution in [3.05, 3.63) is 63.6 Å². The van der Waals surface area contributed by atoms with Crippen molar-refractivity contribution >= 4 is 21.9 Å². The van der Waals surface area contributed by atoms with Crippen molar-refractivity contribution in [1.82, 2.24) is 0 Å². The molecule has 0 aliphatic rings. The summed E-state index contributed by atoms with van der Waals surface area (Å²) < 4.78 is 6.23. The smallest absolute Gasteiger partial charge is 0.343 e. The van der Waals surface area contributed by atoms with Gasteiger partial charge in [-0.15, -0.1) is 0 Å². The molecule has 0 aromatic heterocycles. The second-order valence-corrected chi connectivity index (χ2v) is 5.18. The number of hydrogen-bond donors (Lipinski definition) is 0. The molecule has 0 fully saturated rings. The van der Waals surface area contributed by atoms with Crippen LogP contribution in [0.1, 0.15) is 28.4 Å². The molecule has 0 saturated carbocycles. The first-order valence-electron chi connectivity index (χ1n) is 6.18. The van der Waals surface area contributed by atoms with Crippen molar-refractivity contribution in [1.29, 1.82) is 0 Å². The molecule has 0 bridgehead atoms. The van der Waals surface area contributed by atoms with Gasteiger partial charge in [-0.3, -0.25) is 0 Å². The summed E-state index contributed by atoms with van der Waals surface area (Å²) in [6.45, 7) is 3.98. The van der Waals surface area contributed by atoms with Gasteiger partial charge in [0.2, 0.25) is 0 Å². The SMILES string of the molecule is CCc1ccc(OC(=O)c2ccccc2C)c(Br)c1. The minimum absolute atomic E-state index is 0.331. The zero-order valence-corrected chi connectivity index (χ0v) is 12.5. The summed E-state index contributed by atoms with van der Waals surface area (Å²) in [6.07, 6.45) is 0.949. The maximum atomic E-state index is 12.1. The second kappa shape index (κ2) is 6.02. The predicted octanol–water partition coefficient (Wildman–Crippen LogP) is 4.54. The van der Waals surface area contributed by atoms with E-state index in [0.29, 0.717) is 11.3 Å². The van der Waals surface area contributed by atoms with Crippen LogP contribution in [0, 0.1) is 6.92 Å². The third kappa shape index (κ3) is 3.24. The first-order chi connectivity index (χ1) is 9.11. The quantitative estimate of drug-likeness (QED) is 0.613. The zero-order valence-electron chi connectivity index (χ0n) is 10.9. The van der Waals surface area contributed by atoms with E-state index in [0.717, 1.165) is 16.5 Å². The van der Waals surface area contributed by atoms with Crippen molar-refractivity contribution in [3.63, 3.8) is 0 Å². The summed E-state index contributed by atoms with van der Waals surface area (Å²) in [7, 11) is 0. The predicted molar refractivity (Wildman–Crippen MR) is 79.7 cm³/mol. The molecule has 0 amide bonds. The van der Waals surface area contributed by atoms with Crippen molar-refractivity contribution in [2.75, 3.05) is 0 Å². The number of ether oxygens (including phenoxy) is 1. The van der Waals surface area contributed by atoms with Gasteiger partial charge in [0.1, 0.15) is 5.75 Å². The van der Waals surface area contributed by atoms with E-state index in [1.165, 1.54) is 5.56 Å². The fraction of sp³-hybridized carbons (Fsp3) is 0.188. The average Bonchev–Trinajstić information content (AvgIpc) is 2.41. The normalized spacial score (nSPS) is 10.3. The molecule has 0 N–H and O–H groups in total. The van der Waals surface area contributed by atoms with Crippen LogP contribution in [0.15, 0.2) is 46.9 Å². The van der Waals surface area contributed by atoms with Gasteiger partial charge >= 0.3 is 5.97 Å². The van der Waals surface area contributed by atoms with Gasteiger partial charge in [0.25, 0.3) is 0 Å². The molecular formula is C16H15BrO2. The Morgan fingerprint density at radius 3 is 2.58 bits per heavy atom. The van der Waals surface area contributed by atoms with Gasteiger partial charge < -0.3 is 4.74 Å². The third-order valence-corrected chi connectivity index (χ3v) is 3.59. The number of esters is 1. The number of hydrogen-bond acceptors (Lipinski definition) is 2. The van der Waals surface area contributed by atoms with Crippen LogP contribution in [0.3, 0.4) is 0 Å². The Labute approximate surface area is 121 Å². The van der Waals surface area contributed by atoms with Crippen LogP contribution < -0.4 is 4.74 Å². The molecule has 0 heterocycles. The Morgan fingerprint density at radius 2 is 1.95 bits per heavy atom. The molecule has 0 radical (unpaired) electrons. The Bertz CT molecular complexity index is 605. The monoisotopic (exact) mass is 318 g/mol. The zero-order chi connectivity index (χ0) is 13.8. The van der Waals surface area contributed by atoms with E-state index < -0.39 is 0 Å². The summed E-state index contributed by atoms with van der Waals surface area (Å²) in [5, 5.41) is 0. The van der Waals surface area contributed by atoms with Crippen LogP contribution in [0.2, 0.25) is 0 Å². The van der Waals surface area contributed by atoms with Crippen LogP contribution in [0.5, 0.6) is 5.75 Å². The molecule has 19 heavy (non-hydrogen) atoms. The highest BCUT2D eigenvalue weighted by molar-refractivity contribution is 9.10. The standard InChI is InChI=1S/C16H15BrO2/c1-3-12-8-9-15(14(17)10-12)19-16(18)13-7-5-4-6-11(13)2/h4-10H,3H2,1-2H3. The van der Waals surface area contributed by atoms with Crippen LogP contribution >= 0.6 is 15.9 Å². The molecule has 0 aliphatic carbocycles. The van der Waals surface area contributed by atoms with Crippen LogP contribution in [0.4, 0.5) is 0 Å². The Morgan fingerprint density at radius 1 is 1.21 bits per heavy atom. The maximum Gasteiger partial charge on any atom is 0.343 e. The Hall–Kier alpha value is -1.61. The van der Waals surface area contributed by atoms with E-state index in [9.17, 15) is 4.79 Å². The topological polar surface area (TPSA) is 26.3 Å². The summed E-state index contributed by atoms with van der Waals surface area (Å²) in [4.78, 5) is 12.1. The van der Waals surface area contributed by atoms with Crippen LogP contribution in [-0.2, 0) is 6.42 Å². The van der Waals surface area contributed by atoms with Gasteiger partial charge in [-0.25, -0.2) is 4.79 Å². The van der Waals surface area contributed by atoms with E-state index in [-0.39, 0.29) is 5.97 Å². The highest BCUT2D eigenvalue weighted by Crippen LogP contribution is 2.27. The number of carbonyl (C=O) groups excluding carboxylic acids is 1. The van der Waals surface area contributed by atoms with Crippen LogP contribution in [0.25, 0.3) is 0 Å². The Balaban J connectivity index is 2.22. The number of rotatable bonds is 3. The Kier molecular flexibility index (Phi) is 4.38. The molecule has 2 nitrogen and oxygen atoms in total. The van der Waals surface area contributed by atoms with E-state index in [2.05, 4.69) is 22.9 Å². The minimum Gasteiger partial charge on any atom is -0.422 e. The number of benzene rings is 2. The van der Waals surface area contributed by atoms with Gasteiger partial charge in [-0.2, -0.15) is 0 Å². The minimum atomic E-state index is -0.331. The lowest BCUT2D eigenvalue weighted by Gasteiger charge is -2.09. The average molecular weight is 319 g/mol. The lowest BCUT2D eigenvalue weighted by molar-refractivity contribution is 0.0733. The number of aryl methyl sites for hydroxylation is 2.